The highest BCUT2D eigenvalue weighted by Gasteiger charge is 2.24. The summed E-state index contributed by atoms with van der Waals surface area (Å²) in [6.07, 6.45) is 1.76. The molecular weight excluding hydrogens is 350 g/mol. The van der Waals surface area contributed by atoms with Crippen LogP contribution in [-0.4, -0.2) is 20.5 Å². The van der Waals surface area contributed by atoms with E-state index in [0.717, 1.165) is 33.3 Å². The standard InChI is InChI=1S/C19H21N3O3S/c1-19(2,22-26(20,23)24)14-6-4-13(5-7-14)16-10-11-21-18-12-15(25-3)8-9-17(16)18/h4-12,22H,1-3H3,(H2,20,23,24). The van der Waals surface area contributed by atoms with Gasteiger partial charge >= 0.3 is 0 Å². The topological polar surface area (TPSA) is 94.3 Å². The van der Waals surface area contributed by atoms with Crippen molar-refractivity contribution in [3.63, 3.8) is 0 Å². The molecule has 0 fully saturated rings. The van der Waals surface area contributed by atoms with Crippen LogP contribution < -0.4 is 14.6 Å². The summed E-state index contributed by atoms with van der Waals surface area (Å²) < 4.78 is 30.4. The zero-order valence-electron chi connectivity index (χ0n) is 14.9. The first-order chi connectivity index (χ1) is 12.2. The first-order valence-electron chi connectivity index (χ1n) is 8.05. The molecule has 0 saturated carbocycles. The summed E-state index contributed by atoms with van der Waals surface area (Å²) in [6, 6.07) is 15.4. The van der Waals surface area contributed by atoms with E-state index in [0.29, 0.717) is 0 Å². The van der Waals surface area contributed by atoms with Crippen LogP contribution in [0.2, 0.25) is 0 Å². The van der Waals surface area contributed by atoms with Gasteiger partial charge < -0.3 is 4.74 Å². The Morgan fingerprint density at radius 3 is 2.38 bits per heavy atom. The number of nitrogens with one attached hydrogen (secondary N) is 1. The van der Waals surface area contributed by atoms with Crippen molar-refractivity contribution in [3.8, 4) is 16.9 Å². The van der Waals surface area contributed by atoms with Crippen LogP contribution in [0.1, 0.15) is 19.4 Å². The van der Waals surface area contributed by atoms with Gasteiger partial charge in [0.05, 0.1) is 18.2 Å². The van der Waals surface area contributed by atoms with Crippen LogP contribution in [-0.2, 0) is 15.7 Å². The summed E-state index contributed by atoms with van der Waals surface area (Å²) in [5, 5.41) is 6.13. The number of methoxy groups -OCH3 is 1. The van der Waals surface area contributed by atoms with Gasteiger partial charge in [0, 0.05) is 17.6 Å². The van der Waals surface area contributed by atoms with Crippen LogP contribution in [0, 0.1) is 0 Å². The Labute approximate surface area is 153 Å². The molecule has 26 heavy (non-hydrogen) atoms. The third-order valence-corrected chi connectivity index (χ3v) is 5.06. The summed E-state index contributed by atoms with van der Waals surface area (Å²) in [6.45, 7) is 3.53. The van der Waals surface area contributed by atoms with E-state index in [4.69, 9.17) is 9.88 Å². The molecule has 0 amide bonds. The van der Waals surface area contributed by atoms with Crippen molar-refractivity contribution in [2.24, 2.45) is 5.14 Å². The maximum Gasteiger partial charge on any atom is 0.275 e. The second kappa shape index (κ2) is 6.68. The predicted molar refractivity (Wildman–Crippen MR) is 103 cm³/mol. The van der Waals surface area contributed by atoms with Gasteiger partial charge in [-0.3, -0.25) is 4.98 Å². The molecule has 0 spiro atoms. The Bertz CT molecular complexity index is 1050. The van der Waals surface area contributed by atoms with Crippen LogP contribution in [0.5, 0.6) is 5.75 Å². The molecule has 0 aliphatic carbocycles. The number of ether oxygens (including phenoxy) is 1. The van der Waals surface area contributed by atoms with Gasteiger partial charge in [-0.2, -0.15) is 13.1 Å². The predicted octanol–water partition coefficient (Wildman–Crippen LogP) is 2.94. The Kier molecular flexibility index (Phi) is 4.70. The normalized spacial score (nSPS) is 12.3. The molecule has 1 heterocycles. The van der Waals surface area contributed by atoms with Crippen LogP contribution in [0.15, 0.2) is 54.7 Å². The van der Waals surface area contributed by atoms with Crippen LogP contribution in [0.25, 0.3) is 22.0 Å². The fraction of sp³-hybridized carbons (Fsp3) is 0.211. The molecule has 3 N–H and O–H groups in total. The van der Waals surface area contributed by atoms with E-state index in [1.165, 1.54) is 0 Å². The molecule has 0 bridgehead atoms. The van der Waals surface area contributed by atoms with E-state index in [9.17, 15) is 8.42 Å². The van der Waals surface area contributed by atoms with Gasteiger partial charge in [-0.15, -0.1) is 0 Å². The second-order valence-corrected chi connectivity index (χ2v) is 7.89. The third kappa shape index (κ3) is 3.85. The lowest BCUT2D eigenvalue weighted by Gasteiger charge is -2.25. The van der Waals surface area contributed by atoms with E-state index in [1.54, 1.807) is 27.2 Å². The number of nitrogens with zero attached hydrogens (tertiary/aromatic N) is 1. The van der Waals surface area contributed by atoms with Crippen molar-refractivity contribution < 1.29 is 13.2 Å². The molecule has 0 aliphatic rings. The molecule has 1 aromatic heterocycles. The molecule has 0 saturated heterocycles. The number of aromatic nitrogens is 1. The molecule has 2 aromatic carbocycles. The smallest absolute Gasteiger partial charge is 0.275 e. The zero-order valence-corrected chi connectivity index (χ0v) is 15.7. The lowest BCUT2D eigenvalue weighted by Crippen LogP contribution is -2.44. The van der Waals surface area contributed by atoms with E-state index in [1.807, 2.05) is 48.5 Å². The SMILES string of the molecule is COc1ccc2c(-c3ccc(C(C)(C)NS(N)(=O)=O)cc3)ccnc2c1. The number of hydrogen-bond acceptors (Lipinski definition) is 4. The highest BCUT2D eigenvalue weighted by Crippen LogP contribution is 2.31. The Balaban J connectivity index is 2.00. The Hall–Kier alpha value is -2.48. The highest BCUT2D eigenvalue weighted by atomic mass is 32.2. The van der Waals surface area contributed by atoms with Crippen molar-refractivity contribution in [3.05, 3.63) is 60.3 Å². The van der Waals surface area contributed by atoms with Gasteiger partial charge in [-0.1, -0.05) is 24.3 Å². The number of fused-ring (bicyclic) bond motifs is 1. The monoisotopic (exact) mass is 371 g/mol. The van der Waals surface area contributed by atoms with Gasteiger partial charge in [0.1, 0.15) is 5.75 Å². The summed E-state index contributed by atoms with van der Waals surface area (Å²) in [5.74, 6) is 0.758. The average molecular weight is 371 g/mol. The van der Waals surface area contributed by atoms with Crippen molar-refractivity contribution in [1.29, 1.82) is 0 Å². The first-order valence-corrected chi connectivity index (χ1v) is 9.60. The van der Waals surface area contributed by atoms with Crippen LogP contribution in [0.3, 0.4) is 0 Å². The third-order valence-electron chi connectivity index (χ3n) is 4.26. The molecule has 136 valence electrons. The number of pyridine rings is 1. The second-order valence-electron chi connectivity index (χ2n) is 6.59. The number of benzene rings is 2. The summed E-state index contributed by atoms with van der Waals surface area (Å²) in [4.78, 5) is 4.40. The van der Waals surface area contributed by atoms with E-state index in [2.05, 4.69) is 9.71 Å². The molecular formula is C19H21N3O3S. The molecule has 6 nitrogen and oxygen atoms in total. The van der Waals surface area contributed by atoms with Crippen LogP contribution >= 0.6 is 0 Å². The lowest BCUT2D eigenvalue weighted by molar-refractivity contribution is 0.415. The molecule has 0 radical (unpaired) electrons. The number of rotatable bonds is 5. The van der Waals surface area contributed by atoms with Gasteiger partial charge in [0.25, 0.3) is 10.2 Å². The summed E-state index contributed by atoms with van der Waals surface area (Å²) in [7, 11) is -2.17. The van der Waals surface area contributed by atoms with E-state index in [-0.39, 0.29) is 0 Å². The largest absolute Gasteiger partial charge is 0.497 e. The molecule has 0 aliphatic heterocycles. The minimum absolute atomic E-state index is 0.758. The fourth-order valence-corrected chi connectivity index (χ4v) is 3.82. The fourth-order valence-electron chi connectivity index (χ4n) is 2.99. The van der Waals surface area contributed by atoms with E-state index < -0.39 is 15.7 Å². The summed E-state index contributed by atoms with van der Waals surface area (Å²) >= 11 is 0. The molecule has 7 heteroatoms. The van der Waals surface area contributed by atoms with Gasteiger partial charge in [-0.05, 0) is 48.7 Å². The maximum absolute atomic E-state index is 11.4. The molecule has 3 aromatic rings. The summed E-state index contributed by atoms with van der Waals surface area (Å²) in [5.41, 5.74) is 2.91. The first kappa shape index (κ1) is 18.3. The highest BCUT2D eigenvalue weighted by molar-refractivity contribution is 7.87. The Morgan fingerprint density at radius 1 is 1.08 bits per heavy atom. The lowest BCUT2D eigenvalue weighted by atomic mass is 9.93. The number of hydrogen-bond donors (Lipinski definition) is 2. The van der Waals surface area contributed by atoms with Crippen molar-refractivity contribution in [2.75, 3.05) is 7.11 Å². The molecule has 3 rings (SSSR count). The maximum atomic E-state index is 11.4. The van der Waals surface area contributed by atoms with E-state index >= 15 is 0 Å². The quantitative estimate of drug-likeness (QED) is 0.721. The van der Waals surface area contributed by atoms with Crippen molar-refractivity contribution in [2.45, 2.75) is 19.4 Å². The Morgan fingerprint density at radius 2 is 1.77 bits per heavy atom. The minimum atomic E-state index is -3.80. The van der Waals surface area contributed by atoms with Gasteiger partial charge in [-0.25, -0.2) is 5.14 Å². The minimum Gasteiger partial charge on any atom is -0.497 e. The van der Waals surface area contributed by atoms with Crippen molar-refractivity contribution >= 4 is 21.1 Å². The van der Waals surface area contributed by atoms with Crippen molar-refractivity contribution in [1.82, 2.24) is 9.71 Å². The van der Waals surface area contributed by atoms with Gasteiger partial charge in [0.2, 0.25) is 0 Å². The number of nitrogens with two attached hydrogens (primary N) is 1. The molecule has 0 atom stereocenters. The van der Waals surface area contributed by atoms with Gasteiger partial charge in [0.15, 0.2) is 0 Å². The van der Waals surface area contributed by atoms with Crippen LogP contribution in [0.4, 0.5) is 0 Å². The molecule has 0 unspecified atom stereocenters. The average Bonchev–Trinajstić information content (AvgIpc) is 2.59. The zero-order chi connectivity index (χ0) is 18.9.